The Labute approximate surface area is 197 Å². The number of carbonyl (C=O) groups is 3. The number of ketones is 1. The Morgan fingerprint density at radius 3 is 2.53 bits per heavy atom. The molecule has 34 heavy (non-hydrogen) atoms. The number of rotatable bonds is 6. The Bertz CT molecular complexity index is 1310. The maximum absolute atomic E-state index is 13.3. The molecule has 3 amide bonds. The average molecular weight is 460 g/mol. The summed E-state index contributed by atoms with van der Waals surface area (Å²) < 4.78 is 12.8. The van der Waals surface area contributed by atoms with E-state index in [2.05, 4.69) is 9.88 Å². The third-order valence-corrected chi connectivity index (χ3v) is 6.58. The van der Waals surface area contributed by atoms with Crippen LogP contribution in [0.4, 0.5) is 4.79 Å². The van der Waals surface area contributed by atoms with E-state index in [1.807, 2.05) is 50.2 Å². The minimum absolute atomic E-state index is 0.110. The van der Waals surface area contributed by atoms with Crippen molar-refractivity contribution < 1.29 is 23.9 Å². The van der Waals surface area contributed by atoms with Crippen molar-refractivity contribution in [1.29, 1.82) is 0 Å². The molecule has 0 aliphatic carbocycles. The molecule has 1 aromatic heterocycles. The van der Waals surface area contributed by atoms with Crippen LogP contribution in [0.5, 0.6) is 11.5 Å². The van der Waals surface area contributed by atoms with Crippen molar-refractivity contribution in [2.75, 3.05) is 13.3 Å². The largest absolute Gasteiger partial charge is 0.454 e. The van der Waals surface area contributed by atoms with Crippen LogP contribution in [0.15, 0.2) is 54.6 Å². The molecule has 1 N–H and O–H groups in total. The van der Waals surface area contributed by atoms with Crippen molar-refractivity contribution in [3.63, 3.8) is 0 Å². The molecule has 3 heterocycles. The Morgan fingerprint density at radius 2 is 1.76 bits per heavy atom. The number of hydrogen-bond acceptors (Lipinski definition) is 5. The summed E-state index contributed by atoms with van der Waals surface area (Å²) in [6, 6.07) is 16.3. The SMILES string of the molecule is Cc1cc(C(=O)CN2C(=O)N[C@](C)(c3ccc4c(c3)OCO4)C2=O)c(C)n1Cc1ccccc1. The second-order valence-electron chi connectivity index (χ2n) is 8.79. The summed E-state index contributed by atoms with van der Waals surface area (Å²) in [4.78, 5) is 40.3. The molecule has 0 radical (unpaired) electrons. The highest BCUT2D eigenvalue weighted by atomic mass is 16.7. The number of amides is 3. The van der Waals surface area contributed by atoms with Gasteiger partial charge in [0.05, 0.1) is 6.54 Å². The van der Waals surface area contributed by atoms with Crippen molar-refractivity contribution in [1.82, 2.24) is 14.8 Å². The zero-order valence-electron chi connectivity index (χ0n) is 19.3. The lowest BCUT2D eigenvalue weighted by Crippen LogP contribution is -2.41. The Balaban J connectivity index is 1.37. The molecule has 2 aliphatic rings. The molecule has 5 rings (SSSR count). The molecule has 0 saturated carbocycles. The summed E-state index contributed by atoms with van der Waals surface area (Å²) in [5, 5.41) is 2.74. The number of hydrogen-bond donors (Lipinski definition) is 1. The van der Waals surface area contributed by atoms with Gasteiger partial charge in [0.15, 0.2) is 17.3 Å². The van der Waals surface area contributed by atoms with Crippen molar-refractivity contribution in [3.05, 3.63) is 82.7 Å². The molecule has 0 unspecified atom stereocenters. The molecule has 1 saturated heterocycles. The number of aryl methyl sites for hydroxylation is 1. The predicted molar refractivity (Wildman–Crippen MR) is 124 cm³/mol. The molecule has 174 valence electrons. The molecule has 0 spiro atoms. The fraction of sp³-hybridized carbons (Fsp3) is 0.269. The number of imide groups is 1. The molecule has 2 aromatic carbocycles. The van der Waals surface area contributed by atoms with Gasteiger partial charge in [0.1, 0.15) is 5.54 Å². The van der Waals surface area contributed by atoms with Gasteiger partial charge in [-0.25, -0.2) is 4.79 Å². The van der Waals surface area contributed by atoms with Gasteiger partial charge in [-0.3, -0.25) is 14.5 Å². The maximum Gasteiger partial charge on any atom is 0.325 e. The first-order chi connectivity index (χ1) is 16.3. The van der Waals surface area contributed by atoms with E-state index < -0.39 is 17.5 Å². The lowest BCUT2D eigenvalue weighted by molar-refractivity contribution is -0.130. The van der Waals surface area contributed by atoms with Crippen molar-refractivity contribution in [2.45, 2.75) is 32.9 Å². The highest BCUT2D eigenvalue weighted by Crippen LogP contribution is 2.38. The first kappa shape index (κ1) is 21.8. The minimum Gasteiger partial charge on any atom is -0.454 e. The Hall–Kier alpha value is -4.07. The smallest absolute Gasteiger partial charge is 0.325 e. The number of nitrogens with one attached hydrogen (secondary N) is 1. The summed E-state index contributed by atoms with van der Waals surface area (Å²) >= 11 is 0. The first-order valence-electron chi connectivity index (χ1n) is 11.1. The second kappa shape index (κ2) is 8.06. The summed E-state index contributed by atoms with van der Waals surface area (Å²) in [5.41, 5.74) is 2.63. The van der Waals surface area contributed by atoms with Gasteiger partial charge in [-0.1, -0.05) is 36.4 Å². The predicted octanol–water partition coefficient (Wildman–Crippen LogP) is 3.53. The molecule has 8 nitrogen and oxygen atoms in total. The Morgan fingerprint density at radius 1 is 1.03 bits per heavy atom. The van der Waals surface area contributed by atoms with Crippen molar-refractivity contribution >= 4 is 17.7 Å². The highest BCUT2D eigenvalue weighted by Gasteiger charge is 2.50. The van der Waals surface area contributed by atoms with Gasteiger partial charge in [-0.2, -0.15) is 0 Å². The number of fused-ring (bicyclic) bond motifs is 1. The van der Waals surface area contributed by atoms with E-state index in [0.717, 1.165) is 21.9 Å². The van der Waals surface area contributed by atoms with Gasteiger partial charge in [0, 0.05) is 23.5 Å². The quantitative estimate of drug-likeness (QED) is 0.450. The van der Waals surface area contributed by atoms with Crippen LogP contribution in [-0.4, -0.2) is 40.5 Å². The van der Waals surface area contributed by atoms with E-state index >= 15 is 0 Å². The van der Waals surface area contributed by atoms with E-state index in [0.29, 0.717) is 29.2 Å². The summed E-state index contributed by atoms with van der Waals surface area (Å²) in [5.74, 6) is 0.330. The number of aromatic nitrogens is 1. The molecule has 3 aromatic rings. The van der Waals surface area contributed by atoms with Crippen LogP contribution in [0.3, 0.4) is 0 Å². The standard InChI is InChI=1S/C26H25N3O5/c1-16-11-20(17(2)28(16)13-18-7-5-4-6-8-18)21(30)14-29-24(31)26(3,27-25(29)32)19-9-10-22-23(12-19)34-15-33-22/h4-12H,13-15H2,1-3H3,(H,27,32)/t26-/m1/s1. The topological polar surface area (TPSA) is 89.9 Å². The number of Topliss-reactive ketones (excluding diaryl/α,β-unsaturated/α-hetero) is 1. The number of urea groups is 1. The minimum atomic E-state index is -1.30. The van der Waals surface area contributed by atoms with Gasteiger partial charge in [-0.15, -0.1) is 0 Å². The van der Waals surface area contributed by atoms with Crippen molar-refractivity contribution in [2.24, 2.45) is 0 Å². The lowest BCUT2D eigenvalue weighted by Gasteiger charge is -2.22. The fourth-order valence-electron chi connectivity index (χ4n) is 4.57. The molecular formula is C26H25N3O5. The van der Waals surface area contributed by atoms with Gasteiger partial charge >= 0.3 is 6.03 Å². The molecule has 8 heteroatoms. The summed E-state index contributed by atoms with van der Waals surface area (Å²) in [6.45, 7) is 5.86. The van der Waals surface area contributed by atoms with E-state index in [4.69, 9.17) is 9.47 Å². The average Bonchev–Trinajstić information content (AvgIpc) is 3.47. The third kappa shape index (κ3) is 3.51. The van der Waals surface area contributed by atoms with E-state index in [1.54, 1.807) is 25.1 Å². The van der Waals surface area contributed by atoms with Crippen molar-refractivity contribution in [3.8, 4) is 11.5 Å². The molecule has 0 bridgehead atoms. The number of nitrogens with zero attached hydrogens (tertiary/aromatic N) is 2. The molecule has 2 aliphatic heterocycles. The van der Waals surface area contributed by atoms with Crippen LogP contribution in [0.2, 0.25) is 0 Å². The molecule has 1 fully saturated rings. The summed E-state index contributed by atoms with van der Waals surface area (Å²) in [7, 11) is 0. The second-order valence-corrected chi connectivity index (χ2v) is 8.79. The number of ether oxygens (including phenoxy) is 2. The monoisotopic (exact) mass is 459 g/mol. The number of benzene rings is 2. The van der Waals surface area contributed by atoms with Crippen LogP contribution in [0.1, 0.15) is 39.8 Å². The van der Waals surface area contributed by atoms with Gasteiger partial charge in [0.2, 0.25) is 6.79 Å². The van der Waals surface area contributed by atoms with Gasteiger partial charge < -0.3 is 19.4 Å². The third-order valence-electron chi connectivity index (χ3n) is 6.58. The zero-order chi connectivity index (χ0) is 24.0. The van der Waals surface area contributed by atoms with Gasteiger partial charge in [-0.05, 0) is 50.1 Å². The zero-order valence-corrected chi connectivity index (χ0v) is 19.3. The van der Waals surface area contributed by atoms with Crippen LogP contribution in [-0.2, 0) is 16.9 Å². The summed E-state index contributed by atoms with van der Waals surface area (Å²) in [6.07, 6.45) is 0. The highest BCUT2D eigenvalue weighted by molar-refractivity contribution is 6.11. The molecule has 1 atom stereocenters. The Kier molecular flexibility index (Phi) is 5.16. The van der Waals surface area contributed by atoms with E-state index in [-0.39, 0.29) is 19.1 Å². The molecular weight excluding hydrogens is 434 g/mol. The normalized spacial score (nSPS) is 19.0. The van der Waals surface area contributed by atoms with Crippen LogP contribution >= 0.6 is 0 Å². The first-order valence-corrected chi connectivity index (χ1v) is 11.1. The van der Waals surface area contributed by atoms with Crippen LogP contribution < -0.4 is 14.8 Å². The van der Waals surface area contributed by atoms with Crippen LogP contribution in [0, 0.1) is 13.8 Å². The van der Waals surface area contributed by atoms with E-state index in [9.17, 15) is 14.4 Å². The van der Waals surface area contributed by atoms with Crippen LogP contribution in [0.25, 0.3) is 0 Å². The fourth-order valence-corrected chi connectivity index (χ4v) is 4.57. The van der Waals surface area contributed by atoms with E-state index in [1.165, 1.54) is 0 Å². The number of carbonyl (C=O) groups excluding carboxylic acids is 3. The maximum atomic E-state index is 13.3. The lowest BCUT2D eigenvalue weighted by atomic mass is 9.91. The van der Waals surface area contributed by atoms with Gasteiger partial charge in [0.25, 0.3) is 5.91 Å².